The Morgan fingerprint density at radius 2 is 1.94 bits per heavy atom. The smallest absolute Gasteiger partial charge is 0.331 e. The van der Waals surface area contributed by atoms with Gasteiger partial charge in [-0.3, -0.25) is 4.79 Å². The zero-order valence-corrected chi connectivity index (χ0v) is 8.24. The summed E-state index contributed by atoms with van der Waals surface area (Å²) in [6, 6.07) is -1.45. The Morgan fingerprint density at radius 1 is 1.31 bits per heavy atom. The van der Waals surface area contributed by atoms with Gasteiger partial charge in [-0.2, -0.15) is 0 Å². The molecular weight excluding hydrogens is 222 g/mol. The molecule has 92 valence electrons. The van der Waals surface area contributed by atoms with E-state index in [2.05, 4.69) is 4.74 Å². The highest BCUT2D eigenvalue weighted by Gasteiger charge is 2.44. The predicted octanol–water partition coefficient (Wildman–Crippen LogP) is -3.90. The van der Waals surface area contributed by atoms with Crippen molar-refractivity contribution in [1.82, 2.24) is 5.32 Å². The predicted molar refractivity (Wildman–Crippen MR) is 48.0 cm³/mol. The summed E-state index contributed by atoms with van der Waals surface area (Å²) in [4.78, 5) is 22.1. The number of hydrogen-bond donors (Lipinski definition) is 5. The highest BCUT2D eigenvalue weighted by Crippen LogP contribution is 2.16. The fourth-order valence-electron chi connectivity index (χ4n) is 1.36. The van der Waals surface area contributed by atoms with Crippen LogP contribution in [0.5, 0.6) is 0 Å². The number of nitrogens with one attached hydrogen (secondary N) is 1. The van der Waals surface area contributed by atoms with Gasteiger partial charge >= 0.3 is 5.97 Å². The first-order chi connectivity index (χ1) is 7.51. The number of ether oxygens (including phenoxy) is 1. The number of esters is 1. The van der Waals surface area contributed by atoms with Gasteiger partial charge in [-0.1, -0.05) is 0 Å². The summed E-state index contributed by atoms with van der Waals surface area (Å²) in [6.07, 6.45) is -4.30. The monoisotopic (exact) mass is 235 g/mol. The van der Waals surface area contributed by atoms with Crippen molar-refractivity contribution in [3.63, 3.8) is 0 Å². The summed E-state index contributed by atoms with van der Waals surface area (Å²) in [6.45, 7) is -1.49. The molecule has 1 aliphatic rings. The standard InChI is InChI=1S/C8H13NO7/c10-1-3-6(13)7(14)5(8(15)16-3)9-4(12)2-11/h3,5-7,10-11,13-14H,1-2H2,(H,9,12). The van der Waals surface area contributed by atoms with E-state index < -0.39 is 49.4 Å². The van der Waals surface area contributed by atoms with E-state index in [9.17, 15) is 19.8 Å². The van der Waals surface area contributed by atoms with E-state index in [-0.39, 0.29) is 0 Å². The van der Waals surface area contributed by atoms with Crippen LogP contribution in [0.3, 0.4) is 0 Å². The molecule has 4 atom stereocenters. The highest BCUT2D eigenvalue weighted by molar-refractivity contribution is 5.86. The van der Waals surface area contributed by atoms with Crippen LogP contribution in [-0.2, 0) is 14.3 Å². The molecule has 8 nitrogen and oxygen atoms in total. The molecule has 1 fully saturated rings. The number of hydrogen-bond acceptors (Lipinski definition) is 7. The maximum Gasteiger partial charge on any atom is 0.331 e. The number of carbonyl (C=O) groups excluding carboxylic acids is 2. The lowest BCUT2D eigenvalue weighted by Gasteiger charge is -2.35. The zero-order valence-electron chi connectivity index (χ0n) is 8.24. The Balaban J connectivity index is 2.72. The fraction of sp³-hybridized carbons (Fsp3) is 0.750. The van der Waals surface area contributed by atoms with Gasteiger partial charge < -0.3 is 30.5 Å². The maximum absolute atomic E-state index is 11.3. The van der Waals surface area contributed by atoms with Gasteiger partial charge in [0.15, 0.2) is 12.1 Å². The molecule has 1 heterocycles. The van der Waals surface area contributed by atoms with Crippen molar-refractivity contribution in [3.8, 4) is 0 Å². The summed E-state index contributed by atoms with van der Waals surface area (Å²) in [5.74, 6) is -1.85. The van der Waals surface area contributed by atoms with Gasteiger partial charge in [0.05, 0.1) is 6.61 Å². The van der Waals surface area contributed by atoms with Gasteiger partial charge in [0.25, 0.3) is 0 Å². The number of aliphatic hydroxyl groups excluding tert-OH is 4. The van der Waals surface area contributed by atoms with Crippen molar-refractivity contribution in [1.29, 1.82) is 0 Å². The second kappa shape index (κ2) is 5.21. The van der Waals surface area contributed by atoms with E-state index in [1.165, 1.54) is 0 Å². The molecule has 0 aromatic heterocycles. The van der Waals surface area contributed by atoms with E-state index in [1.807, 2.05) is 5.32 Å². The largest absolute Gasteiger partial charge is 0.455 e. The number of carbonyl (C=O) groups is 2. The summed E-state index contributed by atoms with van der Waals surface area (Å²) in [5.41, 5.74) is 0. The molecule has 1 amide bonds. The molecule has 0 radical (unpaired) electrons. The number of rotatable bonds is 3. The molecular formula is C8H13NO7. The minimum Gasteiger partial charge on any atom is -0.455 e. The highest BCUT2D eigenvalue weighted by atomic mass is 16.6. The van der Waals surface area contributed by atoms with Crippen molar-refractivity contribution < 1.29 is 34.8 Å². The number of aliphatic hydroxyl groups is 4. The van der Waals surface area contributed by atoms with Gasteiger partial charge in [0, 0.05) is 0 Å². The molecule has 8 heteroatoms. The SMILES string of the molecule is O=C(CO)NC1C(=O)OC(CO)C(O)C1O. The second-order valence-electron chi connectivity index (χ2n) is 3.34. The van der Waals surface area contributed by atoms with E-state index >= 15 is 0 Å². The van der Waals surface area contributed by atoms with Gasteiger partial charge in [0.1, 0.15) is 18.8 Å². The van der Waals surface area contributed by atoms with Crippen LogP contribution in [0.2, 0.25) is 0 Å². The first kappa shape index (κ1) is 12.8. The van der Waals surface area contributed by atoms with Crippen LogP contribution >= 0.6 is 0 Å². The topological polar surface area (TPSA) is 136 Å². The molecule has 0 bridgehead atoms. The third-order valence-electron chi connectivity index (χ3n) is 2.23. The Hall–Kier alpha value is -1.22. The lowest BCUT2D eigenvalue weighted by Crippen LogP contribution is -2.62. The van der Waals surface area contributed by atoms with Gasteiger partial charge in [-0.25, -0.2) is 4.79 Å². The molecule has 0 saturated carbocycles. The molecule has 0 spiro atoms. The van der Waals surface area contributed by atoms with Gasteiger partial charge in [-0.05, 0) is 0 Å². The third-order valence-corrected chi connectivity index (χ3v) is 2.23. The van der Waals surface area contributed by atoms with Crippen molar-refractivity contribution in [2.45, 2.75) is 24.4 Å². The molecule has 1 saturated heterocycles. The Labute approximate surface area is 90.5 Å². The molecule has 0 aromatic rings. The summed E-state index contributed by atoms with van der Waals surface area (Å²) in [7, 11) is 0. The van der Waals surface area contributed by atoms with Crippen LogP contribution in [0.1, 0.15) is 0 Å². The normalized spacial score (nSPS) is 34.4. The Bertz CT molecular complexity index is 282. The number of cyclic esters (lactones) is 1. The lowest BCUT2D eigenvalue weighted by atomic mass is 9.98. The minimum absolute atomic E-state index is 0.634. The van der Waals surface area contributed by atoms with E-state index in [4.69, 9.17) is 10.2 Å². The number of amides is 1. The lowest BCUT2D eigenvalue weighted by molar-refractivity contribution is -0.190. The Morgan fingerprint density at radius 3 is 2.44 bits per heavy atom. The summed E-state index contributed by atoms with van der Waals surface area (Å²) >= 11 is 0. The molecule has 0 aliphatic carbocycles. The molecule has 1 rings (SSSR count). The Kier molecular flexibility index (Phi) is 4.19. The third kappa shape index (κ3) is 2.47. The van der Waals surface area contributed by atoms with Crippen LogP contribution in [0, 0.1) is 0 Å². The molecule has 1 aliphatic heterocycles. The fourth-order valence-corrected chi connectivity index (χ4v) is 1.36. The minimum atomic E-state index is -1.59. The second-order valence-corrected chi connectivity index (χ2v) is 3.34. The quantitative estimate of drug-likeness (QED) is 0.315. The van der Waals surface area contributed by atoms with E-state index in [0.29, 0.717) is 0 Å². The first-order valence-corrected chi connectivity index (χ1v) is 4.59. The zero-order chi connectivity index (χ0) is 12.3. The molecule has 16 heavy (non-hydrogen) atoms. The molecule has 0 aromatic carbocycles. The van der Waals surface area contributed by atoms with Crippen molar-refractivity contribution >= 4 is 11.9 Å². The van der Waals surface area contributed by atoms with Crippen LogP contribution in [-0.4, -0.2) is 69.9 Å². The molecule has 4 unspecified atom stereocenters. The average Bonchev–Trinajstić information content (AvgIpc) is 2.28. The van der Waals surface area contributed by atoms with Gasteiger partial charge in [0.2, 0.25) is 5.91 Å². The maximum atomic E-state index is 11.3. The van der Waals surface area contributed by atoms with Crippen LogP contribution in [0.15, 0.2) is 0 Å². The van der Waals surface area contributed by atoms with Crippen LogP contribution in [0.4, 0.5) is 0 Å². The first-order valence-electron chi connectivity index (χ1n) is 4.59. The van der Waals surface area contributed by atoms with Gasteiger partial charge in [-0.15, -0.1) is 0 Å². The van der Waals surface area contributed by atoms with E-state index in [0.717, 1.165) is 0 Å². The molecule has 5 N–H and O–H groups in total. The van der Waals surface area contributed by atoms with Crippen molar-refractivity contribution in [3.05, 3.63) is 0 Å². The van der Waals surface area contributed by atoms with Crippen LogP contribution in [0.25, 0.3) is 0 Å². The van der Waals surface area contributed by atoms with Crippen LogP contribution < -0.4 is 5.32 Å². The summed E-state index contributed by atoms with van der Waals surface area (Å²) < 4.78 is 4.58. The van der Waals surface area contributed by atoms with Crippen molar-refractivity contribution in [2.24, 2.45) is 0 Å². The van der Waals surface area contributed by atoms with Crippen molar-refractivity contribution in [2.75, 3.05) is 13.2 Å². The average molecular weight is 235 g/mol. The summed E-state index contributed by atoms with van der Waals surface area (Å²) in [5, 5.41) is 38.1. The van der Waals surface area contributed by atoms with E-state index in [1.54, 1.807) is 0 Å².